The van der Waals surface area contributed by atoms with E-state index in [4.69, 9.17) is 11.6 Å². The van der Waals surface area contributed by atoms with Crippen molar-refractivity contribution in [1.82, 2.24) is 0 Å². The molecule has 3 nitrogen and oxygen atoms in total. The van der Waals surface area contributed by atoms with Crippen LogP contribution in [-0.4, -0.2) is 11.7 Å². The van der Waals surface area contributed by atoms with Crippen molar-refractivity contribution < 1.29 is 9.59 Å². The number of hydrogen-bond acceptors (Lipinski definition) is 2. The summed E-state index contributed by atoms with van der Waals surface area (Å²) >= 11 is 6.44. The lowest BCUT2D eigenvalue weighted by molar-refractivity contribution is 0.101. The van der Waals surface area contributed by atoms with Gasteiger partial charge in [-0.05, 0) is 66.1 Å². The molecule has 0 aliphatic heterocycles. The summed E-state index contributed by atoms with van der Waals surface area (Å²) in [5, 5.41) is 3.44. The third kappa shape index (κ3) is 4.73. The molecule has 0 bridgehead atoms. The first-order chi connectivity index (χ1) is 15.0. The highest BCUT2D eigenvalue weighted by atomic mass is 35.5. The fourth-order valence-corrected chi connectivity index (χ4v) is 3.58. The summed E-state index contributed by atoms with van der Waals surface area (Å²) in [4.78, 5) is 24.2. The van der Waals surface area contributed by atoms with Crippen molar-refractivity contribution in [3.8, 4) is 22.3 Å². The number of nitrogens with one attached hydrogen (secondary N) is 1. The summed E-state index contributed by atoms with van der Waals surface area (Å²) in [7, 11) is 0. The molecule has 31 heavy (non-hydrogen) atoms. The molecule has 1 amide bonds. The maximum Gasteiger partial charge on any atom is 0.255 e. The zero-order valence-corrected chi connectivity index (χ0v) is 17.7. The van der Waals surface area contributed by atoms with Gasteiger partial charge in [-0.2, -0.15) is 0 Å². The molecule has 0 unspecified atom stereocenters. The first-order valence-corrected chi connectivity index (χ1v) is 10.3. The minimum absolute atomic E-state index is 0.0153. The molecule has 4 heteroatoms. The van der Waals surface area contributed by atoms with Gasteiger partial charge in [-0.25, -0.2) is 0 Å². The van der Waals surface area contributed by atoms with Crippen LogP contribution in [0.15, 0.2) is 97.1 Å². The lowest BCUT2D eigenvalue weighted by Gasteiger charge is -2.10. The molecule has 4 rings (SSSR count). The Morgan fingerprint density at radius 3 is 1.90 bits per heavy atom. The predicted octanol–water partition coefficient (Wildman–Crippen LogP) is 7.13. The number of rotatable bonds is 5. The molecule has 0 spiro atoms. The van der Waals surface area contributed by atoms with E-state index in [0.717, 1.165) is 22.3 Å². The van der Waals surface area contributed by atoms with Crippen LogP contribution < -0.4 is 5.32 Å². The number of carbonyl (C=O) groups is 2. The van der Waals surface area contributed by atoms with E-state index < -0.39 is 0 Å². The van der Waals surface area contributed by atoms with Crippen LogP contribution in [-0.2, 0) is 0 Å². The van der Waals surface area contributed by atoms with Gasteiger partial charge < -0.3 is 5.32 Å². The van der Waals surface area contributed by atoms with Gasteiger partial charge in [0.1, 0.15) is 0 Å². The third-order valence-electron chi connectivity index (χ3n) is 5.08. The second-order valence-electron chi connectivity index (χ2n) is 7.23. The molecule has 0 aromatic heterocycles. The Labute approximate surface area is 186 Å². The fraction of sp³-hybridized carbons (Fsp3) is 0.0370. The van der Waals surface area contributed by atoms with Crippen LogP contribution in [0.1, 0.15) is 27.6 Å². The van der Waals surface area contributed by atoms with E-state index in [1.807, 2.05) is 42.5 Å². The van der Waals surface area contributed by atoms with Crippen molar-refractivity contribution in [2.24, 2.45) is 0 Å². The number of carbonyl (C=O) groups excluding carboxylic acids is 2. The van der Waals surface area contributed by atoms with Crippen molar-refractivity contribution >= 4 is 29.0 Å². The van der Waals surface area contributed by atoms with Crippen molar-refractivity contribution in [3.05, 3.63) is 113 Å². The van der Waals surface area contributed by atoms with Gasteiger partial charge >= 0.3 is 0 Å². The molecule has 0 saturated carbocycles. The molecule has 0 saturated heterocycles. The van der Waals surface area contributed by atoms with Crippen LogP contribution in [0, 0.1) is 0 Å². The highest BCUT2D eigenvalue weighted by molar-refractivity contribution is 6.33. The molecule has 0 aliphatic carbocycles. The number of benzene rings is 4. The standard InChI is InChI=1S/C27H20ClNO2/c1-18(30)19-11-14-24(15-12-19)29-27(31)23-13-16-26(28)25(17-23)22-9-7-21(8-10-22)20-5-3-2-4-6-20/h2-17H,1H3,(H,29,31). The molecular formula is C27H20ClNO2. The van der Waals surface area contributed by atoms with Gasteiger partial charge in [-0.15, -0.1) is 0 Å². The zero-order valence-electron chi connectivity index (χ0n) is 16.9. The zero-order chi connectivity index (χ0) is 21.8. The minimum Gasteiger partial charge on any atom is -0.322 e. The Bertz CT molecular complexity index is 1230. The summed E-state index contributed by atoms with van der Waals surface area (Å²) in [6.07, 6.45) is 0. The van der Waals surface area contributed by atoms with Crippen LogP contribution in [0.3, 0.4) is 0 Å². The number of ketones is 1. The number of Topliss-reactive ketones (excluding diaryl/α,β-unsaturated/α-hetero) is 1. The average molecular weight is 426 g/mol. The largest absolute Gasteiger partial charge is 0.322 e. The van der Waals surface area contributed by atoms with Crippen molar-refractivity contribution in [3.63, 3.8) is 0 Å². The van der Waals surface area contributed by atoms with E-state index in [1.54, 1.807) is 42.5 Å². The normalized spacial score (nSPS) is 10.5. The Morgan fingerprint density at radius 2 is 1.26 bits per heavy atom. The van der Waals surface area contributed by atoms with Crippen molar-refractivity contribution in [2.75, 3.05) is 5.32 Å². The van der Waals surface area contributed by atoms with Crippen molar-refractivity contribution in [1.29, 1.82) is 0 Å². The molecule has 152 valence electrons. The third-order valence-corrected chi connectivity index (χ3v) is 5.41. The highest BCUT2D eigenvalue weighted by Gasteiger charge is 2.11. The van der Waals surface area contributed by atoms with E-state index in [1.165, 1.54) is 6.92 Å². The molecule has 0 radical (unpaired) electrons. The monoisotopic (exact) mass is 425 g/mol. The van der Waals surface area contributed by atoms with Gasteiger partial charge in [0, 0.05) is 27.4 Å². The molecule has 4 aromatic rings. The van der Waals surface area contributed by atoms with E-state index >= 15 is 0 Å². The minimum atomic E-state index is -0.241. The number of anilines is 1. The Balaban J connectivity index is 1.56. The van der Waals surface area contributed by atoms with Gasteiger partial charge in [0.2, 0.25) is 0 Å². The van der Waals surface area contributed by atoms with E-state index in [-0.39, 0.29) is 11.7 Å². The first-order valence-electron chi connectivity index (χ1n) is 9.89. The average Bonchev–Trinajstić information content (AvgIpc) is 2.80. The van der Waals surface area contributed by atoms with Crippen LogP contribution in [0.4, 0.5) is 5.69 Å². The number of amides is 1. The molecule has 0 heterocycles. The van der Waals surface area contributed by atoms with E-state index in [2.05, 4.69) is 17.4 Å². The second-order valence-corrected chi connectivity index (χ2v) is 7.63. The van der Waals surface area contributed by atoms with Gasteiger partial charge in [-0.1, -0.05) is 66.2 Å². The van der Waals surface area contributed by atoms with Crippen LogP contribution >= 0.6 is 11.6 Å². The second kappa shape index (κ2) is 8.99. The summed E-state index contributed by atoms with van der Waals surface area (Å²) in [5.41, 5.74) is 5.71. The topological polar surface area (TPSA) is 46.2 Å². The van der Waals surface area contributed by atoms with Crippen LogP contribution in [0.2, 0.25) is 5.02 Å². The quantitative estimate of drug-likeness (QED) is 0.346. The highest BCUT2D eigenvalue weighted by Crippen LogP contribution is 2.31. The first kappa shape index (κ1) is 20.6. The van der Waals surface area contributed by atoms with E-state index in [9.17, 15) is 9.59 Å². The summed E-state index contributed by atoms with van der Waals surface area (Å²) in [6.45, 7) is 1.51. The molecule has 4 aromatic carbocycles. The van der Waals surface area contributed by atoms with Gasteiger partial charge in [0.25, 0.3) is 5.91 Å². The van der Waals surface area contributed by atoms with Gasteiger partial charge in [0.15, 0.2) is 5.78 Å². The van der Waals surface area contributed by atoms with Crippen LogP contribution in [0.25, 0.3) is 22.3 Å². The van der Waals surface area contributed by atoms with E-state index in [0.29, 0.717) is 21.8 Å². The molecular weight excluding hydrogens is 406 g/mol. The van der Waals surface area contributed by atoms with Crippen LogP contribution in [0.5, 0.6) is 0 Å². The molecule has 0 atom stereocenters. The van der Waals surface area contributed by atoms with Gasteiger partial charge in [0.05, 0.1) is 0 Å². The maximum atomic E-state index is 12.7. The molecule has 0 aliphatic rings. The number of hydrogen-bond donors (Lipinski definition) is 1. The maximum absolute atomic E-state index is 12.7. The molecule has 1 N–H and O–H groups in total. The molecule has 0 fully saturated rings. The SMILES string of the molecule is CC(=O)c1ccc(NC(=O)c2ccc(Cl)c(-c3ccc(-c4ccccc4)cc3)c2)cc1. The Kier molecular flexibility index (Phi) is 5.96. The van der Waals surface area contributed by atoms with Crippen molar-refractivity contribution in [2.45, 2.75) is 6.92 Å². The lowest BCUT2D eigenvalue weighted by atomic mass is 9.99. The summed E-state index contributed by atoms with van der Waals surface area (Å²) < 4.78 is 0. The lowest BCUT2D eigenvalue weighted by Crippen LogP contribution is -2.12. The smallest absolute Gasteiger partial charge is 0.255 e. The Hall–Kier alpha value is -3.69. The van der Waals surface area contributed by atoms with Gasteiger partial charge in [-0.3, -0.25) is 9.59 Å². The Morgan fingerprint density at radius 1 is 0.677 bits per heavy atom. The number of halogens is 1. The fourth-order valence-electron chi connectivity index (χ4n) is 3.35. The summed E-state index contributed by atoms with van der Waals surface area (Å²) in [6, 6.07) is 30.3. The summed E-state index contributed by atoms with van der Waals surface area (Å²) in [5.74, 6) is -0.257. The predicted molar refractivity (Wildman–Crippen MR) is 127 cm³/mol.